The molecule has 3 saturated carbocycles. The summed E-state index contributed by atoms with van der Waals surface area (Å²) in [6.45, 7) is 3.62. The first-order valence-electron chi connectivity index (χ1n) is 10.8. The van der Waals surface area contributed by atoms with E-state index in [0.29, 0.717) is 19.3 Å². The number of hydrogen-bond acceptors (Lipinski definition) is 6. The number of fused-ring (bicyclic) bond motifs is 4. The molecule has 7 atom stereocenters. The standard InChI is InChI=1S/C22H28O6/c1-3-27-19(26)22-15-14(16(23)12-8-4-5-9-13(12)17(15)24)21(28-22)11-7-6-10-20(21,2)18(22)25/h12-15H,3-11H2,1-2H3/t12?,13?,14-,15+,20-,21+,22-/m1/s1. The third kappa shape index (κ3) is 1.80. The molecule has 0 N–H and O–H groups in total. The van der Waals surface area contributed by atoms with E-state index in [0.717, 1.165) is 32.1 Å². The van der Waals surface area contributed by atoms with Gasteiger partial charge in [-0.25, -0.2) is 4.79 Å². The van der Waals surface area contributed by atoms with Crippen molar-refractivity contribution in [3.8, 4) is 0 Å². The van der Waals surface area contributed by atoms with E-state index < -0.39 is 34.4 Å². The lowest BCUT2D eigenvalue weighted by atomic mass is 9.44. The van der Waals surface area contributed by atoms with Crippen LogP contribution in [-0.4, -0.2) is 41.1 Å². The van der Waals surface area contributed by atoms with Crippen molar-refractivity contribution < 1.29 is 28.7 Å². The van der Waals surface area contributed by atoms with Gasteiger partial charge in [-0.1, -0.05) is 25.7 Å². The first-order valence-corrected chi connectivity index (χ1v) is 10.8. The fraction of sp³-hybridized carbons (Fsp3) is 0.818. The molecule has 0 aromatic heterocycles. The zero-order chi connectivity index (χ0) is 19.9. The number of esters is 1. The van der Waals surface area contributed by atoms with Crippen LogP contribution in [0.1, 0.15) is 65.2 Å². The van der Waals surface area contributed by atoms with E-state index in [1.807, 2.05) is 6.92 Å². The van der Waals surface area contributed by atoms with Crippen molar-refractivity contribution in [2.45, 2.75) is 76.4 Å². The molecule has 5 rings (SSSR count). The monoisotopic (exact) mass is 388 g/mol. The number of rotatable bonds is 2. The largest absolute Gasteiger partial charge is 0.463 e. The third-order valence-electron chi connectivity index (χ3n) is 8.55. The lowest BCUT2D eigenvalue weighted by Gasteiger charge is -2.53. The minimum Gasteiger partial charge on any atom is -0.463 e. The van der Waals surface area contributed by atoms with E-state index >= 15 is 0 Å². The maximum absolute atomic E-state index is 13.7. The van der Waals surface area contributed by atoms with Crippen LogP contribution in [0.4, 0.5) is 0 Å². The van der Waals surface area contributed by atoms with Gasteiger partial charge in [0.05, 0.1) is 29.5 Å². The van der Waals surface area contributed by atoms with Gasteiger partial charge in [-0.3, -0.25) is 14.4 Å². The van der Waals surface area contributed by atoms with E-state index in [-0.39, 0.29) is 35.8 Å². The van der Waals surface area contributed by atoms with Gasteiger partial charge in [0.25, 0.3) is 0 Å². The highest BCUT2D eigenvalue weighted by Gasteiger charge is 2.87. The van der Waals surface area contributed by atoms with Crippen LogP contribution in [0.3, 0.4) is 0 Å². The Morgan fingerprint density at radius 1 is 1.00 bits per heavy atom. The molecule has 2 bridgehead atoms. The Morgan fingerprint density at radius 2 is 1.61 bits per heavy atom. The minimum atomic E-state index is -1.92. The maximum Gasteiger partial charge on any atom is 0.347 e. The molecule has 2 heterocycles. The second kappa shape index (κ2) is 5.74. The van der Waals surface area contributed by atoms with Gasteiger partial charge in [0.1, 0.15) is 11.6 Å². The molecular formula is C22H28O6. The Bertz CT molecular complexity index is 788. The zero-order valence-corrected chi connectivity index (χ0v) is 16.6. The van der Waals surface area contributed by atoms with Crippen LogP contribution < -0.4 is 0 Å². The third-order valence-corrected chi connectivity index (χ3v) is 8.55. The average molecular weight is 388 g/mol. The highest BCUT2D eigenvalue weighted by atomic mass is 16.6. The van der Waals surface area contributed by atoms with Crippen molar-refractivity contribution in [2.75, 3.05) is 6.61 Å². The maximum atomic E-state index is 13.7. The second-order valence-corrected chi connectivity index (χ2v) is 9.57. The van der Waals surface area contributed by atoms with Crippen LogP contribution in [0.2, 0.25) is 0 Å². The van der Waals surface area contributed by atoms with Gasteiger partial charge in [0.15, 0.2) is 5.78 Å². The number of ether oxygens (including phenoxy) is 2. The SMILES string of the molecule is CCOC(=O)[C@]12O[C@@]3(CCCC[C@]3(C)C1=O)[C@H]1C(=O)C3CCCCC3C(=O)[C@H]12. The smallest absolute Gasteiger partial charge is 0.347 e. The molecule has 0 aromatic rings. The molecule has 0 radical (unpaired) electrons. The van der Waals surface area contributed by atoms with Gasteiger partial charge in [-0.05, 0) is 39.5 Å². The van der Waals surface area contributed by atoms with Crippen molar-refractivity contribution in [3.63, 3.8) is 0 Å². The normalized spacial score (nSPS) is 49.4. The van der Waals surface area contributed by atoms with Crippen molar-refractivity contribution in [1.82, 2.24) is 0 Å². The fourth-order valence-corrected chi connectivity index (χ4v) is 7.37. The van der Waals surface area contributed by atoms with E-state index in [9.17, 15) is 19.2 Å². The van der Waals surface area contributed by atoms with Crippen LogP contribution in [0, 0.1) is 29.1 Å². The molecule has 2 saturated heterocycles. The summed E-state index contributed by atoms with van der Waals surface area (Å²) in [5.74, 6) is -3.49. The van der Waals surface area contributed by atoms with Crippen LogP contribution in [0.25, 0.3) is 0 Å². The second-order valence-electron chi connectivity index (χ2n) is 9.57. The quantitative estimate of drug-likeness (QED) is 0.533. The summed E-state index contributed by atoms with van der Waals surface area (Å²) in [5.41, 5.74) is -3.86. The Hall–Kier alpha value is -1.56. The molecule has 2 aliphatic heterocycles. The predicted octanol–water partition coefficient (Wildman–Crippen LogP) is 2.41. The number of hydrogen-bond donors (Lipinski definition) is 0. The molecule has 0 amide bonds. The molecule has 1 spiro atoms. The number of carbonyl (C=O) groups is 4. The van der Waals surface area contributed by atoms with E-state index in [1.54, 1.807) is 6.92 Å². The molecule has 2 unspecified atom stereocenters. The summed E-state index contributed by atoms with van der Waals surface area (Å²) in [5, 5.41) is 0. The Balaban J connectivity index is 1.72. The first kappa shape index (κ1) is 18.5. The number of Topliss-reactive ketones (excluding diaryl/α,β-unsaturated/α-hetero) is 3. The van der Waals surface area contributed by atoms with Gasteiger partial charge in [-0.15, -0.1) is 0 Å². The molecule has 6 heteroatoms. The Labute approximate surface area is 164 Å². The fourth-order valence-electron chi connectivity index (χ4n) is 7.37. The Kier molecular flexibility index (Phi) is 3.79. The van der Waals surface area contributed by atoms with Crippen LogP contribution in [0.5, 0.6) is 0 Å². The summed E-state index contributed by atoms with van der Waals surface area (Å²) in [4.78, 5) is 54.2. The van der Waals surface area contributed by atoms with Gasteiger partial charge in [0.2, 0.25) is 5.60 Å². The summed E-state index contributed by atoms with van der Waals surface area (Å²) in [6.07, 6.45) is 6.08. The lowest BCUT2D eigenvalue weighted by molar-refractivity contribution is -0.177. The van der Waals surface area contributed by atoms with Crippen LogP contribution in [-0.2, 0) is 28.7 Å². The lowest BCUT2D eigenvalue weighted by Crippen LogP contribution is -2.69. The number of carbonyl (C=O) groups excluding carboxylic acids is 4. The number of ketones is 3. The van der Waals surface area contributed by atoms with Gasteiger partial charge >= 0.3 is 5.97 Å². The van der Waals surface area contributed by atoms with Crippen LogP contribution >= 0.6 is 0 Å². The summed E-state index contributed by atoms with van der Waals surface area (Å²) in [7, 11) is 0. The summed E-state index contributed by atoms with van der Waals surface area (Å²) >= 11 is 0. The highest BCUT2D eigenvalue weighted by molar-refractivity contribution is 6.20. The zero-order valence-electron chi connectivity index (χ0n) is 16.6. The van der Waals surface area contributed by atoms with Crippen LogP contribution in [0.15, 0.2) is 0 Å². The highest BCUT2D eigenvalue weighted by Crippen LogP contribution is 2.71. The predicted molar refractivity (Wildman–Crippen MR) is 97.2 cm³/mol. The first-order chi connectivity index (χ1) is 13.3. The molecule has 152 valence electrons. The van der Waals surface area contributed by atoms with E-state index in [4.69, 9.17) is 9.47 Å². The van der Waals surface area contributed by atoms with Crippen molar-refractivity contribution >= 4 is 23.3 Å². The van der Waals surface area contributed by atoms with E-state index in [2.05, 4.69) is 0 Å². The minimum absolute atomic E-state index is 0.0566. The van der Waals surface area contributed by atoms with E-state index in [1.165, 1.54) is 0 Å². The van der Waals surface area contributed by atoms with Gasteiger partial charge < -0.3 is 9.47 Å². The Morgan fingerprint density at radius 3 is 2.25 bits per heavy atom. The molecule has 6 nitrogen and oxygen atoms in total. The topological polar surface area (TPSA) is 86.7 Å². The van der Waals surface area contributed by atoms with Crippen molar-refractivity contribution in [2.24, 2.45) is 29.1 Å². The molecule has 5 aliphatic rings. The molecule has 3 aliphatic carbocycles. The molecular weight excluding hydrogens is 360 g/mol. The summed E-state index contributed by atoms with van der Waals surface area (Å²) in [6, 6.07) is 0. The van der Waals surface area contributed by atoms with Crippen molar-refractivity contribution in [1.29, 1.82) is 0 Å². The van der Waals surface area contributed by atoms with Crippen molar-refractivity contribution in [3.05, 3.63) is 0 Å². The van der Waals surface area contributed by atoms with Gasteiger partial charge in [0, 0.05) is 11.8 Å². The molecule has 28 heavy (non-hydrogen) atoms. The molecule has 5 fully saturated rings. The summed E-state index contributed by atoms with van der Waals surface area (Å²) < 4.78 is 11.7. The van der Waals surface area contributed by atoms with Gasteiger partial charge in [-0.2, -0.15) is 0 Å². The average Bonchev–Trinajstić information content (AvgIpc) is 3.12. The molecule has 0 aromatic carbocycles.